The molecule has 4 nitrogen and oxygen atoms in total. The first-order valence-corrected chi connectivity index (χ1v) is 8.64. The smallest absolute Gasteiger partial charge is 0.279 e. The normalized spacial score (nSPS) is 12.1. The minimum Gasteiger partial charge on any atom is -0.497 e. The molecule has 1 amide bonds. The number of ether oxygens (including phenoxy) is 1. The van der Waals surface area contributed by atoms with Crippen LogP contribution in [0.15, 0.2) is 47.5 Å². The summed E-state index contributed by atoms with van der Waals surface area (Å²) in [6.07, 6.45) is 0. The van der Waals surface area contributed by atoms with Gasteiger partial charge in [0.15, 0.2) is 4.80 Å². The van der Waals surface area contributed by atoms with E-state index in [0.717, 1.165) is 16.0 Å². The lowest BCUT2D eigenvalue weighted by Gasteiger charge is -2.04. The average molecular weight is 340 g/mol. The molecule has 1 aromatic heterocycles. The minimum absolute atomic E-state index is 0.246. The molecular weight excluding hydrogens is 320 g/mol. The average Bonchev–Trinajstić information content (AvgIpc) is 2.90. The topological polar surface area (TPSA) is 43.6 Å². The number of methoxy groups -OCH3 is 1. The second-order valence-corrected chi connectivity index (χ2v) is 6.98. The van der Waals surface area contributed by atoms with Crippen molar-refractivity contribution < 1.29 is 9.53 Å². The minimum atomic E-state index is -0.246. The van der Waals surface area contributed by atoms with E-state index in [4.69, 9.17) is 4.74 Å². The highest BCUT2D eigenvalue weighted by molar-refractivity contribution is 7.16. The van der Waals surface area contributed by atoms with Crippen LogP contribution >= 0.6 is 11.3 Å². The van der Waals surface area contributed by atoms with Gasteiger partial charge in [-0.25, -0.2) is 0 Å². The number of benzene rings is 2. The third-order valence-corrected chi connectivity index (χ3v) is 5.13. The maximum absolute atomic E-state index is 12.4. The molecule has 2 aromatic carbocycles. The van der Waals surface area contributed by atoms with Gasteiger partial charge in [0.2, 0.25) is 0 Å². The molecule has 0 unspecified atom stereocenters. The number of carbonyl (C=O) groups excluding carboxylic acids is 1. The summed E-state index contributed by atoms with van der Waals surface area (Å²) in [5.41, 5.74) is 2.93. The number of nitrogens with zero attached hydrogens (tertiary/aromatic N) is 2. The van der Waals surface area contributed by atoms with Crippen LogP contribution in [0.25, 0.3) is 10.2 Å². The SMILES string of the molecule is COc1ccc(C(=O)N=c2sc3cc(C(C)C)ccc3n2C)cc1. The van der Waals surface area contributed by atoms with Gasteiger partial charge in [-0.3, -0.25) is 4.79 Å². The van der Waals surface area contributed by atoms with Crippen LogP contribution in [0.4, 0.5) is 0 Å². The quantitative estimate of drug-likeness (QED) is 0.720. The Balaban J connectivity index is 2.02. The fraction of sp³-hybridized carbons (Fsp3) is 0.263. The lowest BCUT2D eigenvalue weighted by molar-refractivity contribution is 0.0998. The van der Waals surface area contributed by atoms with Gasteiger partial charge < -0.3 is 9.30 Å². The van der Waals surface area contributed by atoms with Crippen LogP contribution in [-0.4, -0.2) is 17.6 Å². The fourth-order valence-corrected chi connectivity index (χ4v) is 3.57. The number of aryl methyl sites for hydroxylation is 1. The first kappa shape index (κ1) is 16.5. The molecule has 0 aliphatic heterocycles. The zero-order chi connectivity index (χ0) is 17.3. The van der Waals surface area contributed by atoms with E-state index in [0.29, 0.717) is 16.3 Å². The van der Waals surface area contributed by atoms with Crippen LogP contribution in [-0.2, 0) is 7.05 Å². The molecule has 3 aromatic rings. The van der Waals surface area contributed by atoms with Crippen LogP contribution in [0.3, 0.4) is 0 Å². The van der Waals surface area contributed by atoms with E-state index in [1.54, 1.807) is 31.4 Å². The summed E-state index contributed by atoms with van der Waals surface area (Å²) in [6, 6.07) is 13.4. The van der Waals surface area contributed by atoms with Crippen molar-refractivity contribution >= 4 is 27.5 Å². The Morgan fingerprint density at radius 2 is 1.88 bits per heavy atom. The first-order chi connectivity index (χ1) is 11.5. The maximum Gasteiger partial charge on any atom is 0.279 e. The molecule has 5 heteroatoms. The second kappa shape index (κ2) is 6.61. The molecule has 0 spiro atoms. The molecule has 0 bridgehead atoms. The molecule has 0 saturated heterocycles. The third-order valence-electron chi connectivity index (χ3n) is 4.03. The summed E-state index contributed by atoms with van der Waals surface area (Å²) < 4.78 is 8.22. The molecule has 24 heavy (non-hydrogen) atoms. The van der Waals surface area contributed by atoms with Crippen LogP contribution in [0.1, 0.15) is 35.7 Å². The summed E-state index contributed by atoms with van der Waals surface area (Å²) in [7, 11) is 3.54. The number of hydrogen-bond acceptors (Lipinski definition) is 3. The second-order valence-electron chi connectivity index (χ2n) is 5.97. The van der Waals surface area contributed by atoms with Gasteiger partial charge in [-0.1, -0.05) is 31.3 Å². The summed E-state index contributed by atoms with van der Waals surface area (Å²) in [5.74, 6) is 0.951. The van der Waals surface area contributed by atoms with Crippen molar-refractivity contribution in [2.24, 2.45) is 12.0 Å². The zero-order valence-corrected chi connectivity index (χ0v) is 15.1. The first-order valence-electron chi connectivity index (χ1n) is 7.82. The number of carbonyl (C=O) groups is 1. The Bertz CT molecular complexity index is 950. The standard InChI is InChI=1S/C19H20N2O2S/c1-12(2)14-7-10-16-17(11-14)24-19(21(16)3)20-18(22)13-5-8-15(23-4)9-6-13/h5-12H,1-4H3. The molecule has 124 valence electrons. The van der Waals surface area contributed by atoms with Crippen molar-refractivity contribution in [1.29, 1.82) is 0 Å². The van der Waals surface area contributed by atoms with E-state index in [1.165, 1.54) is 16.9 Å². The summed E-state index contributed by atoms with van der Waals surface area (Å²) in [6.45, 7) is 4.35. The Labute approximate surface area is 145 Å². The van der Waals surface area contributed by atoms with Crippen molar-refractivity contribution in [2.75, 3.05) is 7.11 Å². The predicted octanol–water partition coefficient (Wildman–Crippen LogP) is 4.11. The lowest BCUT2D eigenvalue weighted by atomic mass is 10.0. The van der Waals surface area contributed by atoms with E-state index >= 15 is 0 Å². The van der Waals surface area contributed by atoms with Crippen molar-refractivity contribution in [2.45, 2.75) is 19.8 Å². The monoisotopic (exact) mass is 340 g/mol. The van der Waals surface area contributed by atoms with E-state index in [-0.39, 0.29) is 5.91 Å². The number of amides is 1. The van der Waals surface area contributed by atoms with Crippen LogP contribution in [0.5, 0.6) is 5.75 Å². The lowest BCUT2D eigenvalue weighted by Crippen LogP contribution is -2.13. The largest absolute Gasteiger partial charge is 0.497 e. The number of hydrogen-bond donors (Lipinski definition) is 0. The molecule has 0 atom stereocenters. The van der Waals surface area contributed by atoms with Gasteiger partial charge in [-0.05, 0) is 47.9 Å². The predicted molar refractivity (Wildman–Crippen MR) is 97.8 cm³/mol. The van der Waals surface area contributed by atoms with Gasteiger partial charge in [-0.15, -0.1) is 0 Å². The van der Waals surface area contributed by atoms with Crippen molar-refractivity contribution in [3.8, 4) is 5.75 Å². The molecular formula is C19H20N2O2S. The maximum atomic E-state index is 12.4. The summed E-state index contributed by atoms with van der Waals surface area (Å²) in [4.78, 5) is 17.4. The van der Waals surface area contributed by atoms with E-state index in [9.17, 15) is 4.79 Å². The molecule has 0 aliphatic rings. The summed E-state index contributed by atoms with van der Waals surface area (Å²) in [5, 5.41) is 0. The number of thiazole rings is 1. The van der Waals surface area contributed by atoms with Crippen LogP contribution < -0.4 is 9.54 Å². The zero-order valence-electron chi connectivity index (χ0n) is 14.2. The highest BCUT2D eigenvalue weighted by Gasteiger charge is 2.09. The van der Waals surface area contributed by atoms with Crippen LogP contribution in [0, 0.1) is 0 Å². The third kappa shape index (κ3) is 3.12. The van der Waals surface area contributed by atoms with Crippen molar-refractivity contribution in [3.05, 3.63) is 58.4 Å². The Hall–Kier alpha value is -2.40. The Morgan fingerprint density at radius 3 is 2.50 bits per heavy atom. The molecule has 0 N–H and O–H groups in total. The molecule has 0 saturated carbocycles. The number of fused-ring (bicyclic) bond motifs is 1. The van der Waals surface area contributed by atoms with Gasteiger partial charge in [0.25, 0.3) is 5.91 Å². The van der Waals surface area contributed by atoms with E-state index in [2.05, 4.69) is 37.0 Å². The number of rotatable bonds is 3. The van der Waals surface area contributed by atoms with Crippen LogP contribution in [0.2, 0.25) is 0 Å². The Morgan fingerprint density at radius 1 is 1.17 bits per heavy atom. The summed E-state index contributed by atoms with van der Waals surface area (Å²) >= 11 is 1.54. The van der Waals surface area contributed by atoms with Gasteiger partial charge in [0, 0.05) is 12.6 Å². The molecule has 0 aliphatic carbocycles. The van der Waals surface area contributed by atoms with Gasteiger partial charge in [0.1, 0.15) is 5.75 Å². The Kier molecular flexibility index (Phi) is 4.53. The van der Waals surface area contributed by atoms with E-state index in [1.807, 2.05) is 11.6 Å². The number of aromatic nitrogens is 1. The molecule has 3 rings (SSSR count). The van der Waals surface area contributed by atoms with Gasteiger partial charge >= 0.3 is 0 Å². The van der Waals surface area contributed by atoms with E-state index < -0.39 is 0 Å². The van der Waals surface area contributed by atoms with Gasteiger partial charge in [0.05, 0.1) is 17.3 Å². The molecule has 1 heterocycles. The molecule has 0 radical (unpaired) electrons. The highest BCUT2D eigenvalue weighted by atomic mass is 32.1. The van der Waals surface area contributed by atoms with Crippen molar-refractivity contribution in [1.82, 2.24) is 4.57 Å². The molecule has 0 fully saturated rings. The van der Waals surface area contributed by atoms with Gasteiger partial charge in [-0.2, -0.15) is 4.99 Å². The fourth-order valence-electron chi connectivity index (χ4n) is 2.50. The highest BCUT2D eigenvalue weighted by Crippen LogP contribution is 2.23. The van der Waals surface area contributed by atoms with Crippen molar-refractivity contribution in [3.63, 3.8) is 0 Å².